The largest absolute Gasteiger partial charge is 0.314 e. The summed E-state index contributed by atoms with van der Waals surface area (Å²) in [7, 11) is -3.21. The predicted octanol–water partition coefficient (Wildman–Crippen LogP) is 3.14. The zero-order chi connectivity index (χ0) is 13.9. The molecule has 0 amide bonds. The van der Waals surface area contributed by atoms with E-state index < -0.39 is 9.84 Å². The third-order valence-corrected chi connectivity index (χ3v) is 6.88. The van der Waals surface area contributed by atoms with Gasteiger partial charge < -0.3 is 5.32 Å². The minimum atomic E-state index is -3.21. The molecule has 0 aliphatic heterocycles. The molecule has 1 saturated carbocycles. The molecule has 2 rings (SSSR count). The Morgan fingerprint density at radius 3 is 2.74 bits per heavy atom. The Hall–Kier alpha value is -0.390. The van der Waals surface area contributed by atoms with E-state index in [1.807, 2.05) is 6.07 Å². The van der Waals surface area contributed by atoms with Crippen LogP contribution in [0.15, 0.2) is 33.6 Å². The summed E-state index contributed by atoms with van der Waals surface area (Å²) in [4.78, 5) is 0.427. The lowest BCUT2D eigenvalue weighted by Gasteiger charge is -2.14. The molecule has 1 N–H and O–H groups in total. The first kappa shape index (κ1) is 15.0. The second-order valence-electron chi connectivity index (χ2n) is 5.06. The summed E-state index contributed by atoms with van der Waals surface area (Å²) in [5.74, 6) is 0. The molecule has 2 unspecified atom stereocenters. The van der Waals surface area contributed by atoms with Gasteiger partial charge in [0.25, 0.3) is 0 Å². The van der Waals surface area contributed by atoms with E-state index in [1.54, 1.807) is 18.2 Å². The monoisotopic (exact) mass is 345 g/mol. The summed E-state index contributed by atoms with van der Waals surface area (Å²) in [6.07, 6.45) is 3.52. The van der Waals surface area contributed by atoms with Crippen molar-refractivity contribution in [1.82, 2.24) is 5.32 Å². The lowest BCUT2D eigenvalue weighted by atomic mass is 10.2. The Labute approximate surface area is 123 Å². The van der Waals surface area contributed by atoms with Crippen molar-refractivity contribution in [3.63, 3.8) is 0 Å². The fourth-order valence-electron chi connectivity index (χ4n) is 2.61. The predicted molar refractivity (Wildman–Crippen MR) is 81.0 cm³/mol. The highest BCUT2D eigenvalue weighted by molar-refractivity contribution is 9.10. The van der Waals surface area contributed by atoms with Crippen molar-refractivity contribution in [2.45, 2.75) is 48.8 Å². The molecular formula is C14H20BrNO2S. The van der Waals surface area contributed by atoms with Crippen LogP contribution in [0.3, 0.4) is 0 Å². The molecule has 1 aliphatic carbocycles. The summed E-state index contributed by atoms with van der Waals surface area (Å²) in [6.45, 7) is 3.09. The topological polar surface area (TPSA) is 46.2 Å². The summed E-state index contributed by atoms with van der Waals surface area (Å²) in [5, 5.41) is 3.17. The van der Waals surface area contributed by atoms with Gasteiger partial charge in [-0.2, -0.15) is 0 Å². The fraction of sp³-hybridized carbons (Fsp3) is 0.571. The van der Waals surface area contributed by atoms with Gasteiger partial charge >= 0.3 is 0 Å². The standard InChI is InChI=1S/C14H20BrNO2S/c1-2-9-16-11-7-8-12(10-11)19(17,18)14-6-4-3-5-13(14)15/h3-6,11-12,16H,2,7-10H2,1H3. The molecule has 1 fully saturated rings. The molecule has 0 radical (unpaired) electrons. The Morgan fingerprint density at radius 1 is 1.32 bits per heavy atom. The van der Waals surface area contributed by atoms with Crippen molar-refractivity contribution in [3.05, 3.63) is 28.7 Å². The van der Waals surface area contributed by atoms with Crippen LogP contribution in [0.1, 0.15) is 32.6 Å². The van der Waals surface area contributed by atoms with Crippen LogP contribution in [0.5, 0.6) is 0 Å². The number of rotatable bonds is 5. The van der Waals surface area contributed by atoms with Crippen LogP contribution < -0.4 is 5.32 Å². The first-order valence-electron chi connectivity index (χ1n) is 6.77. The van der Waals surface area contributed by atoms with Gasteiger partial charge in [-0.1, -0.05) is 19.1 Å². The smallest absolute Gasteiger partial charge is 0.182 e. The molecular weight excluding hydrogens is 326 g/mol. The van der Waals surface area contributed by atoms with Crippen molar-refractivity contribution in [2.24, 2.45) is 0 Å². The minimum absolute atomic E-state index is 0.249. The maximum absolute atomic E-state index is 12.6. The Bertz CT molecular complexity index is 530. The summed E-state index contributed by atoms with van der Waals surface area (Å²) in [5.41, 5.74) is 0. The molecule has 0 spiro atoms. The van der Waals surface area contributed by atoms with Crippen molar-refractivity contribution < 1.29 is 8.42 Å². The van der Waals surface area contributed by atoms with E-state index in [4.69, 9.17) is 0 Å². The van der Waals surface area contributed by atoms with Gasteiger partial charge in [-0.25, -0.2) is 8.42 Å². The van der Waals surface area contributed by atoms with E-state index in [0.29, 0.717) is 15.4 Å². The zero-order valence-corrected chi connectivity index (χ0v) is 13.5. The van der Waals surface area contributed by atoms with Crippen LogP contribution in [-0.4, -0.2) is 26.3 Å². The lowest BCUT2D eigenvalue weighted by Crippen LogP contribution is -2.29. The maximum atomic E-state index is 12.6. The van der Waals surface area contributed by atoms with Gasteiger partial charge in [0, 0.05) is 10.5 Å². The number of halogens is 1. The third-order valence-electron chi connectivity index (χ3n) is 3.65. The quantitative estimate of drug-likeness (QED) is 0.891. The average Bonchev–Trinajstić information content (AvgIpc) is 2.86. The molecule has 2 atom stereocenters. The van der Waals surface area contributed by atoms with Gasteiger partial charge in [-0.15, -0.1) is 0 Å². The van der Waals surface area contributed by atoms with Gasteiger partial charge in [0.1, 0.15) is 0 Å². The minimum Gasteiger partial charge on any atom is -0.314 e. The fourth-order valence-corrected chi connectivity index (χ4v) is 5.47. The molecule has 3 nitrogen and oxygen atoms in total. The summed E-state index contributed by atoms with van der Waals surface area (Å²) < 4.78 is 25.9. The molecule has 1 aromatic rings. The number of hydrogen-bond acceptors (Lipinski definition) is 3. The maximum Gasteiger partial charge on any atom is 0.182 e. The van der Waals surface area contributed by atoms with Crippen molar-refractivity contribution in [1.29, 1.82) is 0 Å². The number of sulfone groups is 1. The van der Waals surface area contributed by atoms with Crippen molar-refractivity contribution >= 4 is 25.8 Å². The van der Waals surface area contributed by atoms with Crippen LogP contribution in [0, 0.1) is 0 Å². The Kier molecular flexibility index (Phi) is 5.03. The Balaban J connectivity index is 2.12. The van der Waals surface area contributed by atoms with Crippen LogP contribution in [-0.2, 0) is 9.84 Å². The number of hydrogen-bond donors (Lipinski definition) is 1. The molecule has 19 heavy (non-hydrogen) atoms. The van der Waals surface area contributed by atoms with Crippen LogP contribution in [0.4, 0.5) is 0 Å². The highest BCUT2D eigenvalue weighted by Crippen LogP contribution is 2.33. The van der Waals surface area contributed by atoms with Crippen LogP contribution in [0.25, 0.3) is 0 Å². The summed E-state index contributed by atoms with van der Waals surface area (Å²) >= 11 is 3.34. The van der Waals surface area contributed by atoms with Crippen LogP contribution in [0.2, 0.25) is 0 Å². The lowest BCUT2D eigenvalue weighted by molar-refractivity contribution is 0.520. The van der Waals surface area contributed by atoms with E-state index >= 15 is 0 Å². The molecule has 1 aliphatic rings. The second kappa shape index (κ2) is 6.37. The third kappa shape index (κ3) is 3.38. The highest BCUT2D eigenvalue weighted by Gasteiger charge is 2.35. The zero-order valence-electron chi connectivity index (χ0n) is 11.1. The summed E-state index contributed by atoms with van der Waals surface area (Å²) in [6, 6.07) is 7.44. The molecule has 5 heteroatoms. The average molecular weight is 346 g/mol. The molecule has 1 aromatic carbocycles. The van der Waals surface area contributed by atoms with E-state index in [1.165, 1.54) is 0 Å². The molecule has 106 valence electrons. The van der Waals surface area contributed by atoms with Gasteiger partial charge in [0.15, 0.2) is 9.84 Å². The van der Waals surface area contributed by atoms with E-state index in [0.717, 1.165) is 32.2 Å². The van der Waals surface area contributed by atoms with E-state index in [-0.39, 0.29) is 5.25 Å². The SMILES string of the molecule is CCCNC1CCC(S(=O)(=O)c2ccccc2Br)C1. The number of benzene rings is 1. The van der Waals surface area contributed by atoms with Crippen molar-refractivity contribution in [3.8, 4) is 0 Å². The van der Waals surface area contributed by atoms with Crippen LogP contribution >= 0.6 is 15.9 Å². The molecule has 0 bridgehead atoms. The van der Waals surface area contributed by atoms with Gasteiger partial charge in [-0.3, -0.25) is 0 Å². The van der Waals surface area contributed by atoms with E-state index in [2.05, 4.69) is 28.2 Å². The molecule has 0 heterocycles. The van der Waals surface area contributed by atoms with Crippen molar-refractivity contribution in [2.75, 3.05) is 6.54 Å². The second-order valence-corrected chi connectivity index (χ2v) is 8.11. The molecule has 0 aromatic heterocycles. The van der Waals surface area contributed by atoms with Gasteiger partial charge in [0.2, 0.25) is 0 Å². The first-order valence-corrected chi connectivity index (χ1v) is 9.11. The van der Waals surface area contributed by atoms with Gasteiger partial charge in [-0.05, 0) is 60.3 Å². The van der Waals surface area contributed by atoms with E-state index in [9.17, 15) is 8.42 Å². The highest BCUT2D eigenvalue weighted by atomic mass is 79.9. The van der Waals surface area contributed by atoms with Gasteiger partial charge in [0.05, 0.1) is 10.1 Å². The first-order chi connectivity index (χ1) is 9.05. The number of nitrogens with one attached hydrogen (secondary N) is 1. The normalized spacial score (nSPS) is 23.7. The Morgan fingerprint density at radius 2 is 2.05 bits per heavy atom. The molecule has 0 saturated heterocycles.